The van der Waals surface area contributed by atoms with Gasteiger partial charge in [0.25, 0.3) is 0 Å². The third-order valence-electron chi connectivity index (χ3n) is 3.25. The van der Waals surface area contributed by atoms with Gasteiger partial charge in [-0.15, -0.1) is 0 Å². The SMILES string of the molecule is CCC1CCc2c(O)ccc(O)c2C1. The van der Waals surface area contributed by atoms with Gasteiger partial charge in [-0.05, 0) is 37.3 Å². The van der Waals surface area contributed by atoms with Crippen LogP contribution in [0.3, 0.4) is 0 Å². The van der Waals surface area contributed by atoms with Gasteiger partial charge in [-0.25, -0.2) is 0 Å². The number of aromatic hydroxyl groups is 2. The Bertz CT molecular complexity index is 344. The Morgan fingerprint density at radius 1 is 1.21 bits per heavy atom. The Balaban J connectivity index is 2.40. The van der Waals surface area contributed by atoms with Crippen molar-refractivity contribution in [2.45, 2.75) is 32.6 Å². The van der Waals surface area contributed by atoms with Crippen LogP contribution in [0.15, 0.2) is 12.1 Å². The van der Waals surface area contributed by atoms with Crippen molar-refractivity contribution in [3.05, 3.63) is 23.3 Å². The van der Waals surface area contributed by atoms with Gasteiger partial charge in [0.05, 0.1) is 0 Å². The van der Waals surface area contributed by atoms with Gasteiger partial charge in [0, 0.05) is 11.1 Å². The number of phenols is 2. The molecule has 0 heterocycles. The van der Waals surface area contributed by atoms with Gasteiger partial charge in [-0.1, -0.05) is 13.3 Å². The zero-order valence-corrected chi connectivity index (χ0v) is 8.45. The molecule has 0 saturated heterocycles. The van der Waals surface area contributed by atoms with Crippen molar-refractivity contribution in [2.75, 3.05) is 0 Å². The summed E-state index contributed by atoms with van der Waals surface area (Å²) in [5.74, 6) is 1.35. The summed E-state index contributed by atoms with van der Waals surface area (Å²) in [5.41, 5.74) is 1.91. The third-order valence-corrected chi connectivity index (χ3v) is 3.25. The second-order valence-electron chi connectivity index (χ2n) is 4.08. The van der Waals surface area contributed by atoms with Gasteiger partial charge >= 0.3 is 0 Å². The first-order valence-electron chi connectivity index (χ1n) is 5.25. The van der Waals surface area contributed by atoms with E-state index in [0.29, 0.717) is 17.4 Å². The van der Waals surface area contributed by atoms with E-state index in [-0.39, 0.29) is 0 Å². The Morgan fingerprint density at radius 3 is 2.50 bits per heavy atom. The molecular formula is C12H16O2. The van der Waals surface area contributed by atoms with Crippen molar-refractivity contribution in [1.29, 1.82) is 0 Å². The summed E-state index contributed by atoms with van der Waals surface area (Å²) in [7, 11) is 0. The average molecular weight is 192 g/mol. The predicted octanol–water partition coefficient (Wildman–Crippen LogP) is 2.61. The molecular weight excluding hydrogens is 176 g/mol. The van der Waals surface area contributed by atoms with Crippen molar-refractivity contribution in [2.24, 2.45) is 5.92 Å². The summed E-state index contributed by atoms with van der Waals surface area (Å²) in [4.78, 5) is 0. The molecule has 0 saturated carbocycles. The van der Waals surface area contributed by atoms with Crippen LogP contribution in [0.4, 0.5) is 0 Å². The highest BCUT2D eigenvalue weighted by Gasteiger charge is 2.22. The van der Waals surface area contributed by atoms with Crippen molar-refractivity contribution < 1.29 is 10.2 Å². The highest BCUT2D eigenvalue weighted by Crippen LogP contribution is 2.37. The van der Waals surface area contributed by atoms with Gasteiger partial charge in [0.15, 0.2) is 0 Å². The molecule has 2 heteroatoms. The van der Waals surface area contributed by atoms with Crippen LogP contribution in [0.2, 0.25) is 0 Å². The Hall–Kier alpha value is -1.18. The summed E-state index contributed by atoms with van der Waals surface area (Å²) in [6.45, 7) is 2.18. The second-order valence-corrected chi connectivity index (χ2v) is 4.08. The van der Waals surface area contributed by atoms with E-state index in [2.05, 4.69) is 6.92 Å². The summed E-state index contributed by atoms with van der Waals surface area (Å²) < 4.78 is 0. The lowest BCUT2D eigenvalue weighted by Gasteiger charge is -2.24. The minimum atomic E-state index is 0.340. The lowest BCUT2D eigenvalue weighted by molar-refractivity contribution is 0.398. The summed E-state index contributed by atoms with van der Waals surface area (Å²) in [6, 6.07) is 3.17. The molecule has 0 aliphatic heterocycles. The van der Waals surface area contributed by atoms with Gasteiger partial charge in [0.1, 0.15) is 11.5 Å². The highest BCUT2D eigenvalue weighted by molar-refractivity contribution is 5.48. The number of hydrogen-bond acceptors (Lipinski definition) is 2. The fraction of sp³-hybridized carbons (Fsp3) is 0.500. The molecule has 1 atom stereocenters. The topological polar surface area (TPSA) is 40.5 Å². The fourth-order valence-electron chi connectivity index (χ4n) is 2.26. The van der Waals surface area contributed by atoms with E-state index >= 15 is 0 Å². The zero-order valence-electron chi connectivity index (χ0n) is 8.45. The number of hydrogen-bond donors (Lipinski definition) is 2. The lowest BCUT2D eigenvalue weighted by Crippen LogP contribution is -2.13. The molecule has 1 unspecified atom stereocenters. The van der Waals surface area contributed by atoms with E-state index < -0.39 is 0 Å². The molecule has 1 aliphatic carbocycles. The lowest BCUT2D eigenvalue weighted by atomic mass is 9.82. The normalized spacial score (nSPS) is 20.5. The minimum absolute atomic E-state index is 0.340. The Labute approximate surface area is 84.2 Å². The maximum Gasteiger partial charge on any atom is 0.119 e. The second kappa shape index (κ2) is 3.52. The molecule has 1 aromatic rings. The van der Waals surface area contributed by atoms with Gasteiger partial charge in [0.2, 0.25) is 0 Å². The van der Waals surface area contributed by atoms with E-state index in [1.165, 1.54) is 0 Å². The molecule has 76 valence electrons. The molecule has 2 nitrogen and oxygen atoms in total. The van der Waals surface area contributed by atoms with E-state index in [4.69, 9.17) is 0 Å². The maximum atomic E-state index is 9.68. The predicted molar refractivity (Wildman–Crippen MR) is 55.6 cm³/mol. The molecule has 0 fully saturated rings. The van der Waals surface area contributed by atoms with Crippen LogP contribution in [0, 0.1) is 5.92 Å². The number of fused-ring (bicyclic) bond motifs is 1. The van der Waals surface area contributed by atoms with Crippen LogP contribution in [0.25, 0.3) is 0 Å². The molecule has 1 aromatic carbocycles. The van der Waals surface area contributed by atoms with Crippen LogP contribution in [-0.2, 0) is 12.8 Å². The third kappa shape index (κ3) is 1.45. The van der Waals surface area contributed by atoms with Crippen LogP contribution in [-0.4, -0.2) is 10.2 Å². The van der Waals surface area contributed by atoms with Crippen LogP contribution >= 0.6 is 0 Å². The number of benzene rings is 1. The number of rotatable bonds is 1. The standard InChI is InChI=1S/C12H16O2/c1-2-8-3-4-9-10(7-8)12(14)6-5-11(9)13/h5-6,8,13-14H,2-4,7H2,1H3. The van der Waals surface area contributed by atoms with Gasteiger partial charge in [-0.3, -0.25) is 0 Å². The van der Waals surface area contributed by atoms with Crippen LogP contribution < -0.4 is 0 Å². The van der Waals surface area contributed by atoms with Gasteiger partial charge < -0.3 is 10.2 Å². The first-order valence-corrected chi connectivity index (χ1v) is 5.25. The molecule has 0 radical (unpaired) electrons. The van der Waals surface area contributed by atoms with Crippen molar-refractivity contribution in [3.63, 3.8) is 0 Å². The quantitative estimate of drug-likeness (QED) is 0.671. The zero-order chi connectivity index (χ0) is 10.1. The van der Waals surface area contributed by atoms with Crippen LogP contribution in [0.5, 0.6) is 11.5 Å². The summed E-state index contributed by atoms with van der Waals surface area (Å²) in [6.07, 6.45) is 4.08. The molecule has 2 N–H and O–H groups in total. The van der Waals surface area contributed by atoms with Crippen molar-refractivity contribution in [1.82, 2.24) is 0 Å². The van der Waals surface area contributed by atoms with E-state index in [1.807, 2.05) is 0 Å². The molecule has 1 aliphatic rings. The molecule has 0 bridgehead atoms. The molecule has 14 heavy (non-hydrogen) atoms. The van der Waals surface area contributed by atoms with Crippen molar-refractivity contribution >= 4 is 0 Å². The van der Waals surface area contributed by atoms with E-state index in [0.717, 1.165) is 36.8 Å². The number of phenolic OH excluding ortho intramolecular Hbond substituents is 2. The Kier molecular flexibility index (Phi) is 2.36. The highest BCUT2D eigenvalue weighted by atomic mass is 16.3. The minimum Gasteiger partial charge on any atom is -0.508 e. The van der Waals surface area contributed by atoms with E-state index in [1.54, 1.807) is 12.1 Å². The molecule has 0 aromatic heterocycles. The largest absolute Gasteiger partial charge is 0.508 e. The summed E-state index contributed by atoms with van der Waals surface area (Å²) >= 11 is 0. The monoisotopic (exact) mass is 192 g/mol. The van der Waals surface area contributed by atoms with E-state index in [9.17, 15) is 10.2 Å². The first-order chi connectivity index (χ1) is 6.72. The molecule has 0 spiro atoms. The van der Waals surface area contributed by atoms with Crippen molar-refractivity contribution in [3.8, 4) is 11.5 Å². The first kappa shape index (κ1) is 9.38. The fourth-order valence-corrected chi connectivity index (χ4v) is 2.26. The molecule has 2 rings (SSSR count). The Morgan fingerprint density at radius 2 is 1.86 bits per heavy atom. The molecule has 0 amide bonds. The van der Waals surface area contributed by atoms with Gasteiger partial charge in [-0.2, -0.15) is 0 Å². The summed E-state index contributed by atoms with van der Waals surface area (Å²) in [5, 5.41) is 19.3. The average Bonchev–Trinajstić information content (AvgIpc) is 2.23. The maximum absolute atomic E-state index is 9.68. The smallest absolute Gasteiger partial charge is 0.119 e. The van der Waals surface area contributed by atoms with Crippen LogP contribution in [0.1, 0.15) is 30.9 Å².